The Kier molecular flexibility index (Phi) is 4.35. The maximum absolute atomic E-state index is 12.3. The molecule has 4 heteroatoms. The van der Waals surface area contributed by atoms with Gasteiger partial charge in [0, 0.05) is 6.54 Å². The van der Waals surface area contributed by atoms with Crippen LogP contribution >= 0.6 is 0 Å². The van der Waals surface area contributed by atoms with Gasteiger partial charge in [-0.1, -0.05) is 31.5 Å². The van der Waals surface area contributed by atoms with E-state index in [2.05, 4.69) is 38.2 Å². The van der Waals surface area contributed by atoms with Crippen molar-refractivity contribution in [2.24, 2.45) is 5.92 Å². The first kappa shape index (κ1) is 15.5. The second-order valence-electron chi connectivity index (χ2n) is 6.31. The minimum atomic E-state index is -0.383. The molecule has 1 aliphatic rings. The van der Waals surface area contributed by atoms with Gasteiger partial charge in [-0.15, -0.1) is 0 Å². The maximum Gasteiger partial charge on any atom is 0.243 e. The van der Waals surface area contributed by atoms with Crippen LogP contribution in [0, 0.1) is 26.7 Å². The molecule has 1 atom stereocenters. The Hall–Kier alpha value is -1.84. The number of carbonyl (C=O) groups excluding carboxylic acids is 2. The maximum atomic E-state index is 12.3. The van der Waals surface area contributed by atoms with Gasteiger partial charge in [0.25, 0.3) is 0 Å². The third-order valence-electron chi connectivity index (χ3n) is 4.14. The normalized spacial score (nSPS) is 19.1. The van der Waals surface area contributed by atoms with Crippen LogP contribution in [-0.2, 0) is 16.1 Å². The van der Waals surface area contributed by atoms with E-state index >= 15 is 0 Å². The molecular weight excluding hydrogens is 264 g/mol. The van der Waals surface area contributed by atoms with Gasteiger partial charge in [-0.2, -0.15) is 0 Å². The standard InChI is InChI=1S/C17H24N2O2/c1-10(2)16-17(21)18-8-15(20)19(16)9-14-12(4)6-11(3)7-13(14)5/h6-7,10,16H,8-9H2,1-5H3,(H,18,21). The third-order valence-corrected chi connectivity index (χ3v) is 4.14. The van der Waals surface area contributed by atoms with Crippen molar-refractivity contribution >= 4 is 11.8 Å². The molecule has 1 heterocycles. The minimum absolute atomic E-state index is 0.00678. The van der Waals surface area contributed by atoms with E-state index in [1.54, 1.807) is 4.90 Å². The number of carbonyl (C=O) groups is 2. The van der Waals surface area contributed by atoms with Gasteiger partial charge in [0.1, 0.15) is 6.04 Å². The van der Waals surface area contributed by atoms with E-state index in [1.807, 2.05) is 13.8 Å². The molecule has 0 spiro atoms. The summed E-state index contributed by atoms with van der Waals surface area (Å²) in [5.74, 6) is 0.0417. The molecule has 1 N–H and O–H groups in total. The number of aryl methyl sites for hydroxylation is 3. The van der Waals surface area contributed by atoms with E-state index in [-0.39, 0.29) is 30.3 Å². The second kappa shape index (κ2) is 5.88. The summed E-state index contributed by atoms with van der Waals surface area (Å²) in [5, 5.41) is 2.69. The van der Waals surface area contributed by atoms with Crippen LogP contribution < -0.4 is 5.32 Å². The van der Waals surface area contributed by atoms with Gasteiger partial charge in [0.05, 0.1) is 6.54 Å². The number of rotatable bonds is 3. The van der Waals surface area contributed by atoms with Gasteiger partial charge in [-0.3, -0.25) is 9.59 Å². The fourth-order valence-electron chi connectivity index (χ4n) is 3.14. The summed E-state index contributed by atoms with van der Waals surface area (Å²) in [4.78, 5) is 26.1. The van der Waals surface area contributed by atoms with Crippen LogP contribution in [0.5, 0.6) is 0 Å². The molecule has 2 rings (SSSR count). The molecule has 0 bridgehead atoms. The second-order valence-corrected chi connectivity index (χ2v) is 6.31. The van der Waals surface area contributed by atoms with Crippen molar-refractivity contribution < 1.29 is 9.59 Å². The summed E-state index contributed by atoms with van der Waals surface area (Å²) in [6.45, 7) is 10.8. The lowest BCUT2D eigenvalue weighted by atomic mass is 9.95. The topological polar surface area (TPSA) is 49.4 Å². The summed E-state index contributed by atoms with van der Waals surface area (Å²) < 4.78 is 0. The van der Waals surface area contributed by atoms with E-state index in [0.29, 0.717) is 6.54 Å². The molecule has 2 amide bonds. The average Bonchev–Trinajstić information content (AvgIpc) is 2.36. The Morgan fingerprint density at radius 3 is 2.29 bits per heavy atom. The van der Waals surface area contributed by atoms with Gasteiger partial charge < -0.3 is 10.2 Å². The zero-order chi connectivity index (χ0) is 15.7. The number of nitrogens with one attached hydrogen (secondary N) is 1. The fraction of sp³-hybridized carbons (Fsp3) is 0.529. The van der Waals surface area contributed by atoms with Crippen molar-refractivity contribution in [2.75, 3.05) is 6.54 Å². The predicted molar refractivity (Wildman–Crippen MR) is 82.8 cm³/mol. The Labute approximate surface area is 126 Å². The van der Waals surface area contributed by atoms with Gasteiger partial charge in [0.15, 0.2) is 0 Å². The van der Waals surface area contributed by atoms with E-state index in [9.17, 15) is 9.59 Å². The Bertz CT molecular complexity index is 555. The molecule has 1 aromatic rings. The summed E-state index contributed by atoms with van der Waals surface area (Å²) in [5.41, 5.74) is 4.72. The van der Waals surface area contributed by atoms with Crippen LogP contribution in [0.15, 0.2) is 12.1 Å². The van der Waals surface area contributed by atoms with E-state index in [0.717, 1.165) is 5.56 Å². The van der Waals surface area contributed by atoms with Crippen molar-refractivity contribution in [3.05, 3.63) is 34.4 Å². The molecule has 1 aliphatic heterocycles. The molecule has 114 valence electrons. The molecule has 0 aromatic heterocycles. The highest BCUT2D eigenvalue weighted by Crippen LogP contribution is 2.23. The van der Waals surface area contributed by atoms with Crippen molar-refractivity contribution in [1.29, 1.82) is 0 Å². The summed E-state index contributed by atoms with van der Waals surface area (Å²) in [6, 6.07) is 3.87. The number of benzene rings is 1. The summed E-state index contributed by atoms with van der Waals surface area (Å²) in [6.07, 6.45) is 0. The predicted octanol–water partition coefficient (Wildman–Crippen LogP) is 2.09. The third kappa shape index (κ3) is 3.09. The highest BCUT2D eigenvalue weighted by Gasteiger charge is 2.36. The number of amides is 2. The molecule has 1 saturated heterocycles. The van der Waals surface area contributed by atoms with Gasteiger partial charge in [0.2, 0.25) is 11.8 Å². The quantitative estimate of drug-likeness (QED) is 0.926. The Morgan fingerprint density at radius 2 is 1.76 bits per heavy atom. The lowest BCUT2D eigenvalue weighted by Crippen LogP contribution is -2.59. The smallest absolute Gasteiger partial charge is 0.243 e. The molecule has 0 radical (unpaired) electrons. The first-order valence-corrected chi connectivity index (χ1v) is 7.45. The monoisotopic (exact) mass is 288 g/mol. The SMILES string of the molecule is Cc1cc(C)c(CN2C(=O)CNC(=O)C2C(C)C)c(C)c1. The van der Waals surface area contributed by atoms with Gasteiger partial charge >= 0.3 is 0 Å². The first-order chi connectivity index (χ1) is 9.81. The summed E-state index contributed by atoms with van der Waals surface area (Å²) >= 11 is 0. The Balaban J connectivity index is 2.35. The molecule has 0 aliphatic carbocycles. The van der Waals surface area contributed by atoms with Crippen LogP contribution in [0.3, 0.4) is 0 Å². The van der Waals surface area contributed by atoms with Crippen LogP contribution in [0.1, 0.15) is 36.1 Å². The van der Waals surface area contributed by atoms with E-state index in [1.165, 1.54) is 16.7 Å². The van der Waals surface area contributed by atoms with E-state index in [4.69, 9.17) is 0 Å². The largest absolute Gasteiger partial charge is 0.345 e. The number of hydrogen-bond acceptors (Lipinski definition) is 2. The van der Waals surface area contributed by atoms with Crippen LogP contribution in [0.25, 0.3) is 0 Å². The van der Waals surface area contributed by atoms with Crippen molar-refractivity contribution in [1.82, 2.24) is 10.2 Å². The zero-order valence-corrected chi connectivity index (χ0v) is 13.5. The highest BCUT2D eigenvalue weighted by molar-refractivity contribution is 5.95. The van der Waals surface area contributed by atoms with Crippen molar-refractivity contribution in [3.8, 4) is 0 Å². The molecule has 1 fully saturated rings. The number of nitrogens with zero attached hydrogens (tertiary/aromatic N) is 1. The first-order valence-electron chi connectivity index (χ1n) is 7.45. The molecule has 0 saturated carbocycles. The van der Waals surface area contributed by atoms with E-state index < -0.39 is 0 Å². The van der Waals surface area contributed by atoms with Crippen LogP contribution in [-0.4, -0.2) is 29.3 Å². The van der Waals surface area contributed by atoms with Crippen molar-refractivity contribution in [3.63, 3.8) is 0 Å². The molecule has 4 nitrogen and oxygen atoms in total. The number of hydrogen-bond donors (Lipinski definition) is 1. The minimum Gasteiger partial charge on any atom is -0.345 e. The van der Waals surface area contributed by atoms with Crippen molar-refractivity contribution in [2.45, 2.75) is 47.2 Å². The highest BCUT2D eigenvalue weighted by atomic mass is 16.2. The molecule has 21 heavy (non-hydrogen) atoms. The van der Waals surface area contributed by atoms with Gasteiger partial charge in [-0.25, -0.2) is 0 Å². The number of piperazine rings is 1. The van der Waals surface area contributed by atoms with Gasteiger partial charge in [-0.05, 0) is 43.4 Å². The Morgan fingerprint density at radius 1 is 1.19 bits per heavy atom. The molecular formula is C17H24N2O2. The zero-order valence-electron chi connectivity index (χ0n) is 13.5. The molecule has 1 unspecified atom stereocenters. The lowest BCUT2D eigenvalue weighted by Gasteiger charge is -2.37. The van der Waals surface area contributed by atoms with Crippen LogP contribution in [0.4, 0.5) is 0 Å². The van der Waals surface area contributed by atoms with Crippen LogP contribution in [0.2, 0.25) is 0 Å². The fourth-order valence-corrected chi connectivity index (χ4v) is 3.14. The summed E-state index contributed by atoms with van der Waals surface area (Å²) in [7, 11) is 0. The lowest BCUT2D eigenvalue weighted by molar-refractivity contribution is -0.148. The molecule has 1 aromatic carbocycles. The average molecular weight is 288 g/mol.